The predicted octanol–water partition coefficient (Wildman–Crippen LogP) is 4.67. The monoisotopic (exact) mass is 454 g/mol. The minimum Gasteiger partial charge on any atom is -0.462 e. The van der Waals surface area contributed by atoms with Crippen molar-refractivity contribution in [1.82, 2.24) is 9.55 Å². The summed E-state index contributed by atoms with van der Waals surface area (Å²) in [7, 11) is 0. The van der Waals surface area contributed by atoms with E-state index in [1.165, 1.54) is 9.44 Å². The van der Waals surface area contributed by atoms with E-state index < -0.39 is 5.97 Å². The molecule has 32 heavy (non-hydrogen) atoms. The molecule has 4 rings (SSSR count). The van der Waals surface area contributed by atoms with E-state index >= 15 is 0 Å². The Morgan fingerprint density at radius 2 is 2.03 bits per heavy atom. The van der Waals surface area contributed by atoms with Gasteiger partial charge in [0.15, 0.2) is 0 Å². The molecule has 1 aromatic carbocycles. The van der Waals surface area contributed by atoms with Crippen LogP contribution in [0.5, 0.6) is 0 Å². The summed E-state index contributed by atoms with van der Waals surface area (Å²) in [5.74, 6) is 0.0614. The second-order valence-corrected chi connectivity index (χ2v) is 9.36. The van der Waals surface area contributed by atoms with Gasteiger partial charge in [-0.2, -0.15) is 0 Å². The van der Waals surface area contributed by atoms with Gasteiger partial charge in [-0.25, -0.2) is 4.98 Å². The number of esters is 1. The van der Waals surface area contributed by atoms with Crippen molar-refractivity contribution in [2.75, 3.05) is 19.8 Å². The van der Waals surface area contributed by atoms with Gasteiger partial charge in [0.25, 0.3) is 5.56 Å². The maximum Gasteiger partial charge on any atom is 0.326 e. The molecule has 0 aliphatic heterocycles. The minimum absolute atomic E-state index is 0.151. The Kier molecular flexibility index (Phi) is 7.37. The number of carbonyl (C=O) groups is 1. The van der Waals surface area contributed by atoms with Crippen molar-refractivity contribution in [3.8, 4) is 11.4 Å². The van der Waals surface area contributed by atoms with Crippen LogP contribution < -0.4 is 5.56 Å². The Bertz CT molecular complexity index is 1160. The van der Waals surface area contributed by atoms with E-state index in [-0.39, 0.29) is 18.7 Å². The normalized spacial score (nSPS) is 13.3. The molecule has 170 valence electrons. The van der Waals surface area contributed by atoms with Crippen molar-refractivity contribution in [2.45, 2.75) is 58.9 Å². The lowest BCUT2D eigenvalue weighted by atomic mass is 9.97. The number of ether oxygens (including phenoxy) is 2. The Morgan fingerprint density at radius 1 is 1.19 bits per heavy atom. The van der Waals surface area contributed by atoms with Gasteiger partial charge >= 0.3 is 5.97 Å². The highest BCUT2D eigenvalue weighted by molar-refractivity contribution is 7.18. The van der Waals surface area contributed by atoms with Gasteiger partial charge in [0, 0.05) is 17.0 Å². The molecule has 2 heterocycles. The fraction of sp³-hybridized carbons (Fsp3) is 0.480. The number of aromatic nitrogens is 2. The van der Waals surface area contributed by atoms with E-state index in [0.717, 1.165) is 60.0 Å². The summed E-state index contributed by atoms with van der Waals surface area (Å²) >= 11 is 1.62. The standard InChI is InChI=1S/C25H30N2O4S/c1-3-4-12-30-13-14-31-21(28)16-27-23(18-9-7-8-17(2)15-18)26-24-22(25(27)29)19-10-5-6-11-20(19)32-24/h7-9,15H,3-6,10-14,16H2,1-2H3. The molecule has 2 aromatic heterocycles. The predicted molar refractivity (Wildman–Crippen MR) is 127 cm³/mol. The number of unbranched alkanes of at least 4 members (excludes halogenated alkanes) is 1. The molecule has 7 heteroatoms. The Hall–Kier alpha value is -2.51. The summed E-state index contributed by atoms with van der Waals surface area (Å²) in [5.41, 5.74) is 2.87. The van der Waals surface area contributed by atoms with Crippen LogP contribution in [0.15, 0.2) is 29.1 Å². The zero-order valence-corrected chi connectivity index (χ0v) is 19.6. The highest BCUT2D eigenvalue weighted by Crippen LogP contribution is 2.34. The number of benzene rings is 1. The molecule has 3 aromatic rings. The van der Waals surface area contributed by atoms with Crippen LogP contribution in [0.4, 0.5) is 0 Å². The molecule has 1 aliphatic carbocycles. The van der Waals surface area contributed by atoms with Crippen LogP contribution in [-0.2, 0) is 33.7 Å². The van der Waals surface area contributed by atoms with Crippen LogP contribution in [0.3, 0.4) is 0 Å². The van der Waals surface area contributed by atoms with Crippen molar-refractivity contribution in [3.05, 3.63) is 50.6 Å². The van der Waals surface area contributed by atoms with Crippen molar-refractivity contribution in [1.29, 1.82) is 0 Å². The third kappa shape index (κ3) is 4.94. The number of thiophene rings is 1. The number of carbonyl (C=O) groups excluding carboxylic acids is 1. The van der Waals surface area contributed by atoms with Crippen LogP contribution in [0.1, 0.15) is 48.6 Å². The molecule has 0 N–H and O–H groups in total. The summed E-state index contributed by atoms with van der Waals surface area (Å²) in [6, 6.07) is 7.86. The molecule has 0 bridgehead atoms. The van der Waals surface area contributed by atoms with Crippen LogP contribution in [0, 0.1) is 6.92 Å². The summed E-state index contributed by atoms with van der Waals surface area (Å²) in [6.45, 7) is 5.14. The van der Waals surface area contributed by atoms with E-state index in [2.05, 4.69) is 6.92 Å². The molecule has 1 aliphatic rings. The lowest BCUT2D eigenvalue weighted by Gasteiger charge is -2.14. The van der Waals surface area contributed by atoms with E-state index in [0.29, 0.717) is 24.4 Å². The van der Waals surface area contributed by atoms with Crippen molar-refractivity contribution in [3.63, 3.8) is 0 Å². The molecule has 0 unspecified atom stereocenters. The van der Waals surface area contributed by atoms with Crippen LogP contribution in [0.25, 0.3) is 21.6 Å². The first-order chi connectivity index (χ1) is 15.6. The van der Waals surface area contributed by atoms with Crippen molar-refractivity contribution >= 4 is 27.5 Å². The van der Waals surface area contributed by atoms with Crippen LogP contribution in [0.2, 0.25) is 0 Å². The van der Waals surface area contributed by atoms with Gasteiger partial charge in [-0.05, 0) is 50.7 Å². The van der Waals surface area contributed by atoms with Crippen LogP contribution >= 0.6 is 11.3 Å². The van der Waals surface area contributed by atoms with Gasteiger partial charge in [0.2, 0.25) is 0 Å². The zero-order valence-electron chi connectivity index (χ0n) is 18.8. The highest BCUT2D eigenvalue weighted by atomic mass is 32.1. The lowest BCUT2D eigenvalue weighted by molar-refractivity contribution is -0.145. The van der Waals surface area contributed by atoms with Crippen LogP contribution in [-0.4, -0.2) is 35.3 Å². The smallest absolute Gasteiger partial charge is 0.326 e. The topological polar surface area (TPSA) is 70.4 Å². The third-order valence-corrected chi connectivity index (χ3v) is 6.96. The third-order valence-electron chi connectivity index (χ3n) is 5.77. The second-order valence-electron chi connectivity index (χ2n) is 8.27. The SMILES string of the molecule is CCCCOCCOC(=O)Cn1c(-c2cccc(C)c2)nc2sc3c(c2c1=O)CCCC3. The fourth-order valence-electron chi connectivity index (χ4n) is 4.13. The van der Waals surface area contributed by atoms with Gasteiger partial charge in [-0.3, -0.25) is 14.2 Å². The molecule has 6 nitrogen and oxygen atoms in total. The summed E-state index contributed by atoms with van der Waals surface area (Å²) < 4.78 is 12.3. The first-order valence-corrected chi connectivity index (χ1v) is 12.3. The van der Waals surface area contributed by atoms with Gasteiger partial charge < -0.3 is 9.47 Å². The number of aryl methyl sites for hydroxylation is 3. The van der Waals surface area contributed by atoms with Gasteiger partial charge in [0.1, 0.15) is 23.8 Å². The Morgan fingerprint density at radius 3 is 2.84 bits per heavy atom. The van der Waals surface area contributed by atoms with Gasteiger partial charge in [0.05, 0.1) is 12.0 Å². The van der Waals surface area contributed by atoms with E-state index in [4.69, 9.17) is 14.5 Å². The summed E-state index contributed by atoms with van der Waals surface area (Å²) in [4.78, 5) is 33.1. The van der Waals surface area contributed by atoms with E-state index in [9.17, 15) is 9.59 Å². The molecular weight excluding hydrogens is 424 g/mol. The van der Waals surface area contributed by atoms with Gasteiger partial charge in [-0.1, -0.05) is 37.1 Å². The molecule has 0 saturated carbocycles. The maximum absolute atomic E-state index is 13.6. The quantitative estimate of drug-likeness (QED) is 0.347. The molecule has 0 fully saturated rings. The Balaban J connectivity index is 1.66. The van der Waals surface area contributed by atoms with Gasteiger partial charge in [-0.15, -0.1) is 11.3 Å². The van der Waals surface area contributed by atoms with Crippen molar-refractivity contribution in [2.24, 2.45) is 0 Å². The fourth-order valence-corrected chi connectivity index (χ4v) is 5.38. The van der Waals surface area contributed by atoms with E-state index in [1.807, 2.05) is 31.2 Å². The lowest BCUT2D eigenvalue weighted by Crippen LogP contribution is -2.28. The molecule has 0 saturated heterocycles. The molecule has 0 amide bonds. The van der Waals surface area contributed by atoms with E-state index in [1.54, 1.807) is 11.3 Å². The number of hydrogen-bond acceptors (Lipinski definition) is 6. The number of fused-ring (bicyclic) bond motifs is 3. The maximum atomic E-state index is 13.6. The molecule has 0 radical (unpaired) electrons. The molecule has 0 atom stereocenters. The highest BCUT2D eigenvalue weighted by Gasteiger charge is 2.23. The van der Waals surface area contributed by atoms with Crippen molar-refractivity contribution < 1.29 is 14.3 Å². The summed E-state index contributed by atoms with van der Waals surface area (Å²) in [5, 5.41) is 0.678. The molecule has 0 spiro atoms. The second kappa shape index (κ2) is 10.4. The first kappa shape index (κ1) is 22.7. The number of rotatable bonds is 9. The minimum atomic E-state index is -0.453. The molecular formula is C25H30N2O4S. The zero-order chi connectivity index (χ0) is 22.5. The Labute approximate surface area is 192 Å². The average Bonchev–Trinajstić information content (AvgIpc) is 3.16. The number of nitrogens with zero attached hydrogens (tertiary/aromatic N) is 2. The average molecular weight is 455 g/mol. The summed E-state index contributed by atoms with van der Waals surface area (Å²) in [6.07, 6.45) is 6.17. The first-order valence-electron chi connectivity index (χ1n) is 11.4. The largest absolute Gasteiger partial charge is 0.462 e. The number of hydrogen-bond donors (Lipinski definition) is 0.